The van der Waals surface area contributed by atoms with Crippen LogP contribution in [0.2, 0.25) is 5.02 Å². The molecule has 0 unspecified atom stereocenters. The van der Waals surface area contributed by atoms with Crippen molar-refractivity contribution < 1.29 is 13.9 Å². The number of benzene rings is 1. The van der Waals surface area contributed by atoms with E-state index >= 15 is 0 Å². The second-order valence-corrected chi connectivity index (χ2v) is 2.42. The van der Waals surface area contributed by atoms with Crippen molar-refractivity contribution in [3.8, 4) is 0 Å². The predicted octanol–water partition coefficient (Wildman–Crippen LogP) is 2.11. The molecular weight excluding hydrogens is 174 g/mol. The second kappa shape index (κ2) is 3.15. The Balaban J connectivity index is 3.21. The Kier molecular flexibility index (Phi) is 2.42. The molecule has 0 spiro atoms. The van der Waals surface area contributed by atoms with Crippen LogP contribution < -0.4 is 0 Å². The zero-order valence-electron chi connectivity index (χ0n) is 5.44. The minimum atomic E-state index is -0.818. The van der Waals surface area contributed by atoms with Crippen molar-refractivity contribution in [3.63, 3.8) is 0 Å². The van der Waals surface area contributed by atoms with E-state index in [0.717, 1.165) is 6.07 Å². The van der Waals surface area contributed by atoms with Gasteiger partial charge in [-0.1, -0.05) is 11.6 Å². The van der Waals surface area contributed by atoms with Crippen LogP contribution in [0.3, 0.4) is 0 Å². The molecule has 11 heavy (non-hydrogen) atoms. The molecule has 0 amide bonds. The average molecular weight is 179 g/mol. The van der Waals surface area contributed by atoms with Crippen molar-refractivity contribution in [1.82, 2.24) is 0 Å². The number of hydrogen-bond acceptors (Lipinski definition) is 1. The molecule has 0 atom stereocenters. The Morgan fingerprint density at radius 1 is 1.27 bits per heavy atom. The summed E-state index contributed by atoms with van der Waals surface area (Å²) in [7, 11) is 0. The van der Waals surface area contributed by atoms with Gasteiger partial charge in [0.1, 0.15) is 11.6 Å². The van der Waals surface area contributed by atoms with Crippen molar-refractivity contribution in [3.05, 3.63) is 34.4 Å². The van der Waals surface area contributed by atoms with Gasteiger partial charge in [-0.2, -0.15) is 0 Å². The minimum absolute atomic E-state index is 0.00333. The van der Waals surface area contributed by atoms with Crippen molar-refractivity contribution in [1.29, 1.82) is 0 Å². The SMILES string of the molecule is OCc1cc(Cl)c(F)cc1F. The molecule has 0 aliphatic rings. The summed E-state index contributed by atoms with van der Waals surface area (Å²) < 4.78 is 25.0. The third kappa shape index (κ3) is 1.67. The molecule has 0 aliphatic carbocycles. The van der Waals surface area contributed by atoms with Crippen LogP contribution in [0.25, 0.3) is 0 Å². The van der Waals surface area contributed by atoms with Crippen LogP contribution in [0.15, 0.2) is 12.1 Å². The van der Waals surface area contributed by atoms with Gasteiger partial charge in [-0.25, -0.2) is 8.78 Å². The van der Waals surface area contributed by atoms with Gasteiger partial charge >= 0.3 is 0 Å². The topological polar surface area (TPSA) is 20.2 Å². The Labute approximate surface area is 67.2 Å². The monoisotopic (exact) mass is 178 g/mol. The van der Waals surface area contributed by atoms with E-state index in [1.54, 1.807) is 0 Å². The zero-order valence-corrected chi connectivity index (χ0v) is 6.20. The van der Waals surface area contributed by atoms with Crippen molar-refractivity contribution in [2.45, 2.75) is 6.61 Å². The van der Waals surface area contributed by atoms with Gasteiger partial charge in [-0.05, 0) is 6.07 Å². The number of aliphatic hydroxyl groups excluding tert-OH is 1. The fourth-order valence-electron chi connectivity index (χ4n) is 0.685. The van der Waals surface area contributed by atoms with Crippen LogP contribution in [-0.4, -0.2) is 5.11 Å². The third-order valence-corrected chi connectivity index (χ3v) is 1.55. The van der Waals surface area contributed by atoms with E-state index < -0.39 is 18.2 Å². The summed E-state index contributed by atoms with van der Waals surface area (Å²) in [5.74, 6) is -1.60. The summed E-state index contributed by atoms with van der Waals surface area (Å²) in [6, 6.07) is 1.71. The van der Waals surface area contributed by atoms with E-state index in [0.29, 0.717) is 6.07 Å². The normalized spacial score (nSPS) is 10.2. The maximum Gasteiger partial charge on any atom is 0.144 e. The average Bonchev–Trinajstić information content (AvgIpc) is 1.97. The smallest absolute Gasteiger partial charge is 0.144 e. The van der Waals surface area contributed by atoms with Gasteiger partial charge in [-0.3, -0.25) is 0 Å². The zero-order chi connectivity index (χ0) is 8.43. The van der Waals surface area contributed by atoms with E-state index in [1.165, 1.54) is 0 Å². The van der Waals surface area contributed by atoms with Gasteiger partial charge in [0.15, 0.2) is 0 Å². The van der Waals surface area contributed by atoms with Crippen LogP contribution in [0.1, 0.15) is 5.56 Å². The molecule has 4 heteroatoms. The molecule has 0 saturated carbocycles. The van der Waals surface area contributed by atoms with E-state index in [2.05, 4.69) is 0 Å². The molecule has 0 fully saturated rings. The van der Waals surface area contributed by atoms with E-state index in [-0.39, 0.29) is 10.6 Å². The maximum atomic E-state index is 12.6. The Bertz CT molecular complexity index is 275. The van der Waals surface area contributed by atoms with Crippen LogP contribution in [0.5, 0.6) is 0 Å². The lowest BCUT2D eigenvalue weighted by atomic mass is 10.2. The van der Waals surface area contributed by atoms with Gasteiger partial charge in [0.2, 0.25) is 0 Å². The number of aliphatic hydroxyl groups is 1. The standard InChI is InChI=1S/C7H5ClF2O/c8-5-1-4(3-11)6(9)2-7(5)10/h1-2,11H,3H2. The fraction of sp³-hybridized carbons (Fsp3) is 0.143. The molecule has 60 valence electrons. The lowest BCUT2D eigenvalue weighted by molar-refractivity contribution is 0.275. The molecule has 0 aliphatic heterocycles. The summed E-state index contributed by atoms with van der Waals surface area (Å²) in [5.41, 5.74) is -0.00333. The summed E-state index contributed by atoms with van der Waals surface area (Å²) in [6.07, 6.45) is 0. The molecule has 0 radical (unpaired) electrons. The summed E-state index contributed by atoms with van der Waals surface area (Å²) >= 11 is 5.31. The van der Waals surface area contributed by atoms with Crippen molar-refractivity contribution in [2.24, 2.45) is 0 Å². The predicted molar refractivity (Wildman–Crippen MR) is 37.3 cm³/mol. The molecule has 1 N–H and O–H groups in total. The van der Waals surface area contributed by atoms with Gasteiger partial charge in [0.25, 0.3) is 0 Å². The molecular formula is C7H5ClF2O. The Morgan fingerprint density at radius 2 is 1.91 bits per heavy atom. The van der Waals surface area contributed by atoms with Gasteiger partial charge in [-0.15, -0.1) is 0 Å². The van der Waals surface area contributed by atoms with E-state index in [9.17, 15) is 8.78 Å². The van der Waals surface area contributed by atoms with Crippen molar-refractivity contribution >= 4 is 11.6 Å². The Morgan fingerprint density at radius 3 is 2.45 bits per heavy atom. The quantitative estimate of drug-likeness (QED) is 0.653. The van der Waals surface area contributed by atoms with Gasteiger partial charge in [0, 0.05) is 11.6 Å². The first-order valence-electron chi connectivity index (χ1n) is 2.89. The summed E-state index contributed by atoms with van der Waals surface area (Å²) in [6.45, 7) is -0.480. The molecule has 1 rings (SSSR count). The van der Waals surface area contributed by atoms with Crippen molar-refractivity contribution in [2.75, 3.05) is 0 Å². The largest absolute Gasteiger partial charge is 0.392 e. The number of halogens is 3. The lowest BCUT2D eigenvalue weighted by Gasteiger charge is -1.99. The minimum Gasteiger partial charge on any atom is -0.392 e. The molecule has 0 aromatic heterocycles. The second-order valence-electron chi connectivity index (χ2n) is 2.02. The van der Waals surface area contributed by atoms with Crippen LogP contribution in [0, 0.1) is 11.6 Å². The first kappa shape index (κ1) is 8.43. The van der Waals surface area contributed by atoms with Crippen LogP contribution in [0.4, 0.5) is 8.78 Å². The highest BCUT2D eigenvalue weighted by Gasteiger charge is 2.06. The fourth-order valence-corrected chi connectivity index (χ4v) is 0.871. The molecule has 0 heterocycles. The highest BCUT2D eigenvalue weighted by molar-refractivity contribution is 6.30. The summed E-state index contributed by atoms with van der Waals surface area (Å²) in [4.78, 5) is 0. The van der Waals surface area contributed by atoms with Crippen LogP contribution in [-0.2, 0) is 6.61 Å². The lowest BCUT2D eigenvalue weighted by Crippen LogP contribution is -1.91. The first-order chi connectivity index (χ1) is 5.15. The maximum absolute atomic E-state index is 12.6. The highest BCUT2D eigenvalue weighted by Crippen LogP contribution is 2.18. The molecule has 0 bridgehead atoms. The molecule has 1 aromatic carbocycles. The first-order valence-corrected chi connectivity index (χ1v) is 3.27. The molecule has 0 saturated heterocycles. The van der Waals surface area contributed by atoms with Gasteiger partial charge < -0.3 is 5.11 Å². The number of hydrogen-bond donors (Lipinski definition) is 1. The highest BCUT2D eigenvalue weighted by atomic mass is 35.5. The van der Waals surface area contributed by atoms with Gasteiger partial charge in [0.05, 0.1) is 11.6 Å². The van der Waals surface area contributed by atoms with E-state index in [1.807, 2.05) is 0 Å². The third-order valence-electron chi connectivity index (χ3n) is 1.26. The van der Waals surface area contributed by atoms with E-state index in [4.69, 9.17) is 16.7 Å². The summed E-state index contributed by atoms with van der Waals surface area (Å²) in [5, 5.41) is 8.33. The number of rotatable bonds is 1. The Hall–Kier alpha value is -0.670. The molecule has 1 nitrogen and oxygen atoms in total. The molecule has 1 aromatic rings. The van der Waals surface area contributed by atoms with Crippen LogP contribution >= 0.6 is 11.6 Å².